The van der Waals surface area contributed by atoms with Gasteiger partial charge in [0, 0.05) is 11.9 Å². The van der Waals surface area contributed by atoms with Crippen LogP contribution in [0.4, 0.5) is 21.6 Å². The lowest BCUT2D eigenvalue weighted by Gasteiger charge is -2.12. The number of aromatic nitrogens is 1. The van der Waals surface area contributed by atoms with E-state index in [0.29, 0.717) is 21.5 Å². The van der Waals surface area contributed by atoms with Gasteiger partial charge in [0.2, 0.25) is 0 Å². The quantitative estimate of drug-likeness (QED) is 0.888. The summed E-state index contributed by atoms with van der Waals surface area (Å²) in [6, 6.07) is 6.49. The van der Waals surface area contributed by atoms with Crippen molar-refractivity contribution in [2.45, 2.75) is 6.92 Å². The second-order valence-corrected chi connectivity index (χ2v) is 4.79. The topological polar surface area (TPSA) is 74.7 Å². The lowest BCUT2D eigenvalue weighted by molar-refractivity contribution is 0.621. The minimum atomic E-state index is -0.386. The smallest absolute Gasteiger partial charge is 0.154 e. The number of nitriles is 1. The second-order valence-electron chi connectivity index (χ2n) is 3.94. The molecule has 0 atom stereocenters. The van der Waals surface area contributed by atoms with Crippen molar-refractivity contribution in [1.82, 2.24) is 4.98 Å². The van der Waals surface area contributed by atoms with E-state index < -0.39 is 0 Å². The van der Waals surface area contributed by atoms with Gasteiger partial charge in [-0.2, -0.15) is 5.26 Å². The molecule has 0 fully saturated rings. The van der Waals surface area contributed by atoms with Gasteiger partial charge in [0.15, 0.2) is 5.82 Å². The number of aryl methyl sites for hydroxylation is 1. The summed E-state index contributed by atoms with van der Waals surface area (Å²) in [6.07, 6.45) is 1.47. The van der Waals surface area contributed by atoms with Crippen LogP contribution in [-0.4, -0.2) is 4.98 Å². The third-order valence-corrected chi connectivity index (χ3v) is 3.24. The maximum absolute atomic E-state index is 13.5. The number of benzene rings is 1. The van der Waals surface area contributed by atoms with Crippen molar-refractivity contribution in [2.24, 2.45) is 0 Å². The Kier molecular flexibility index (Phi) is 3.67. The monoisotopic (exact) mass is 320 g/mol. The number of halogens is 2. The minimum absolute atomic E-state index is 0.243. The summed E-state index contributed by atoms with van der Waals surface area (Å²) >= 11 is 3.12. The van der Waals surface area contributed by atoms with E-state index in [1.807, 2.05) is 13.0 Å². The summed E-state index contributed by atoms with van der Waals surface area (Å²) in [5.74, 6) is -0.0491. The molecule has 1 aromatic carbocycles. The Morgan fingerprint density at radius 3 is 2.89 bits per heavy atom. The lowest BCUT2D eigenvalue weighted by atomic mass is 10.2. The van der Waals surface area contributed by atoms with Gasteiger partial charge in [-0.25, -0.2) is 9.37 Å². The van der Waals surface area contributed by atoms with Gasteiger partial charge in [0.05, 0.1) is 15.7 Å². The van der Waals surface area contributed by atoms with Crippen LogP contribution in [-0.2, 0) is 0 Å². The van der Waals surface area contributed by atoms with Crippen LogP contribution in [0.2, 0.25) is 0 Å². The first-order valence-corrected chi connectivity index (χ1v) is 6.19. The normalized spacial score (nSPS) is 10.0. The van der Waals surface area contributed by atoms with Crippen LogP contribution in [0.5, 0.6) is 0 Å². The molecule has 0 unspecified atom stereocenters. The zero-order chi connectivity index (χ0) is 14.0. The number of nitrogens with two attached hydrogens (primary N) is 1. The molecule has 0 bridgehead atoms. The summed E-state index contributed by atoms with van der Waals surface area (Å²) < 4.78 is 13.9. The van der Waals surface area contributed by atoms with Crippen LogP contribution in [0.3, 0.4) is 0 Å². The van der Waals surface area contributed by atoms with Crippen molar-refractivity contribution in [3.8, 4) is 6.07 Å². The molecule has 0 aliphatic carbocycles. The molecule has 6 heteroatoms. The first kappa shape index (κ1) is 13.3. The summed E-state index contributed by atoms with van der Waals surface area (Å²) in [5.41, 5.74) is 7.76. The van der Waals surface area contributed by atoms with Crippen molar-refractivity contribution < 1.29 is 4.39 Å². The number of hydrogen-bond donors (Lipinski definition) is 2. The van der Waals surface area contributed by atoms with E-state index in [4.69, 9.17) is 11.0 Å². The van der Waals surface area contributed by atoms with E-state index in [1.54, 1.807) is 6.07 Å². The van der Waals surface area contributed by atoms with Crippen LogP contribution in [0.25, 0.3) is 0 Å². The third kappa shape index (κ3) is 2.66. The number of pyridine rings is 1. The second kappa shape index (κ2) is 5.24. The summed E-state index contributed by atoms with van der Waals surface area (Å²) in [6.45, 7) is 1.83. The lowest BCUT2D eigenvalue weighted by Crippen LogP contribution is -2.02. The van der Waals surface area contributed by atoms with Crippen LogP contribution in [0.1, 0.15) is 11.1 Å². The molecule has 0 saturated carbocycles. The average Bonchev–Trinajstić information content (AvgIpc) is 2.38. The minimum Gasteiger partial charge on any atom is -0.395 e. The first-order chi connectivity index (χ1) is 9.02. The molecule has 0 aliphatic rings. The number of anilines is 3. The Bertz CT molecular complexity index is 679. The van der Waals surface area contributed by atoms with Crippen LogP contribution in [0, 0.1) is 24.1 Å². The van der Waals surface area contributed by atoms with E-state index in [-0.39, 0.29) is 11.5 Å². The molecule has 4 nitrogen and oxygen atoms in total. The fourth-order valence-electron chi connectivity index (χ4n) is 1.58. The summed E-state index contributed by atoms with van der Waals surface area (Å²) in [5, 5.41) is 11.8. The summed E-state index contributed by atoms with van der Waals surface area (Å²) in [4.78, 5) is 4.05. The Morgan fingerprint density at radius 2 is 2.21 bits per heavy atom. The molecule has 1 aromatic heterocycles. The van der Waals surface area contributed by atoms with E-state index in [1.165, 1.54) is 18.3 Å². The molecule has 2 rings (SSSR count). The Hall–Kier alpha value is -2.13. The van der Waals surface area contributed by atoms with Crippen molar-refractivity contribution in [1.29, 1.82) is 5.26 Å². The van der Waals surface area contributed by atoms with Crippen LogP contribution in [0.15, 0.2) is 28.9 Å². The van der Waals surface area contributed by atoms with Gasteiger partial charge < -0.3 is 11.1 Å². The Balaban J connectivity index is 2.43. The molecule has 0 saturated heterocycles. The van der Waals surface area contributed by atoms with Crippen molar-refractivity contribution in [2.75, 3.05) is 11.1 Å². The predicted molar refractivity (Wildman–Crippen MR) is 75.5 cm³/mol. The molecule has 0 aliphatic heterocycles. The Labute approximate surface area is 118 Å². The number of hydrogen-bond acceptors (Lipinski definition) is 4. The highest BCUT2D eigenvalue weighted by atomic mass is 79.9. The SMILES string of the molecule is Cc1cc(Br)c(F)cc1Nc1nccc(C#N)c1N. The molecular weight excluding hydrogens is 311 g/mol. The number of nitrogens with one attached hydrogen (secondary N) is 1. The van der Waals surface area contributed by atoms with Gasteiger partial charge >= 0.3 is 0 Å². The number of rotatable bonds is 2. The number of nitrogen functional groups attached to an aromatic ring is 1. The van der Waals surface area contributed by atoms with E-state index in [0.717, 1.165) is 5.56 Å². The van der Waals surface area contributed by atoms with E-state index >= 15 is 0 Å². The molecule has 2 aromatic rings. The van der Waals surface area contributed by atoms with Crippen LogP contribution >= 0.6 is 15.9 Å². The van der Waals surface area contributed by atoms with Crippen molar-refractivity contribution >= 4 is 33.1 Å². The van der Waals surface area contributed by atoms with Gasteiger partial charge in [0.1, 0.15) is 11.9 Å². The molecule has 1 heterocycles. The van der Waals surface area contributed by atoms with E-state index in [9.17, 15) is 4.39 Å². The third-order valence-electron chi connectivity index (χ3n) is 2.63. The zero-order valence-corrected chi connectivity index (χ0v) is 11.6. The van der Waals surface area contributed by atoms with Gasteiger partial charge in [-0.05, 0) is 46.6 Å². The highest BCUT2D eigenvalue weighted by Crippen LogP contribution is 2.28. The highest BCUT2D eigenvalue weighted by Gasteiger charge is 2.10. The van der Waals surface area contributed by atoms with Gasteiger partial charge in [-0.1, -0.05) is 0 Å². The fraction of sp³-hybridized carbons (Fsp3) is 0.0769. The van der Waals surface area contributed by atoms with Gasteiger partial charge in [0.25, 0.3) is 0 Å². The van der Waals surface area contributed by atoms with Crippen molar-refractivity contribution in [3.63, 3.8) is 0 Å². The molecular formula is C13H10BrFN4. The summed E-state index contributed by atoms with van der Waals surface area (Å²) in [7, 11) is 0. The molecule has 19 heavy (non-hydrogen) atoms. The largest absolute Gasteiger partial charge is 0.395 e. The molecule has 96 valence electrons. The average molecular weight is 321 g/mol. The fourth-order valence-corrected chi connectivity index (χ4v) is 2.04. The number of nitrogens with zero attached hydrogens (tertiary/aromatic N) is 2. The molecule has 0 spiro atoms. The predicted octanol–water partition coefficient (Wildman–Crippen LogP) is 3.49. The zero-order valence-electron chi connectivity index (χ0n) is 10.0. The molecule has 0 amide bonds. The van der Waals surface area contributed by atoms with Gasteiger partial charge in [-0.3, -0.25) is 0 Å². The van der Waals surface area contributed by atoms with Crippen LogP contribution < -0.4 is 11.1 Å². The Morgan fingerprint density at radius 1 is 1.47 bits per heavy atom. The van der Waals surface area contributed by atoms with Crippen molar-refractivity contribution in [3.05, 3.63) is 45.8 Å². The van der Waals surface area contributed by atoms with E-state index in [2.05, 4.69) is 26.2 Å². The maximum atomic E-state index is 13.5. The molecule has 3 N–H and O–H groups in total. The standard InChI is InChI=1S/C13H10BrFN4/c1-7-4-9(14)10(15)5-11(7)19-13-12(17)8(6-16)2-3-18-13/h2-5H,17H2,1H3,(H,18,19). The highest BCUT2D eigenvalue weighted by molar-refractivity contribution is 9.10. The van der Waals surface area contributed by atoms with Gasteiger partial charge in [-0.15, -0.1) is 0 Å². The first-order valence-electron chi connectivity index (χ1n) is 5.40. The maximum Gasteiger partial charge on any atom is 0.154 e. The molecule has 0 radical (unpaired) electrons.